The normalized spacial score (nSPS) is 11.7. The van der Waals surface area contributed by atoms with Crippen molar-refractivity contribution in [3.05, 3.63) is 45.7 Å². The minimum absolute atomic E-state index is 0.0557. The number of hydrogen-bond donors (Lipinski definition) is 2. The summed E-state index contributed by atoms with van der Waals surface area (Å²) in [7, 11) is 0. The molecule has 0 saturated heterocycles. The fourth-order valence-corrected chi connectivity index (χ4v) is 1.64. The number of hydrogen-bond acceptors (Lipinski definition) is 2. The molecule has 1 aromatic heterocycles. The van der Waals surface area contributed by atoms with E-state index in [1.807, 2.05) is 0 Å². The van der Waals surface area contributed by atoms with E-state index in [4.69, 9.17) is 5.11 Å². The van der Waals surface area contributed by atoms with Gasteiger partial charge in [0.2, 0.25) is 0 Å². The van der Waals surface area contributed by atoms with Gasteiger partial charge >= 0.3 is 12.1 Å². The number of aromatic amines is 1. The zero-order valence-electron chi connectivity index (χ0n) is 8.71. The molecule has 2 rings (SSSR count). The van der Waals surface area contributed by atoms with Crippen LogP contribution in [0.25, 0.3) is 10.9 Å². The van der Waals surface area contributed by atoms with Crippen molar-refractivity contribution in [2.24, 2.45) is 0 Å². The SMILES string of the molecule is O=C(O)c1cc2c(C(F)(F)F)cccc2[nH]c1=O. The lowest BCUT2D eigenvalue weighted by molar-refractivity contribution is -0.136. The summed E-state index contributed by atoms with van der Waals surface area (Å²) in [6.45, 7) is 0. The Morgan fingerprint density at radius 1 is 1.28 bits per heavy atom. The number of alkyl halides is 3. The summed E-state index contributed by atoms with van der Waals surface area (Å²) in [4.78, 5) is 24.2. The second-order valence-corrected chi connectivity index (χ2v) is 3.58. The van der Waals surface area contributed by atoms with Crippen molar-refractivity contribution in [2.75, 3.05) is 0 Å². The lowest BCUT2D eigenvalue weighted by atomic mass is 10.1. The van der Waals surface area contributed by atoms with E-state index in [0.29, 0.717) is 0 Å². The summed E-state index contributed by atoms with van der Waals surface area (Å²) >= 11 is 0. The Labute approximate surface area is 97.7 Å². The fraction of sp³-hybridized carbons (Fsp3) is 0.0909. The first-order chi connectivity index (χ1) is 8.30. The van der Waals surface area contributed by atoms with Crippen molar-refractivity contribution in [1.82, 2.24) is 4.98 Å². The van der Waals surface area contributed by atoms with Gasteiger partial charge in [0.05, 0.1) is 5.56 Å². The highest BCUT2D eigenvalue weighted by Crippen LogP contribution is 2.33. The van der Waals surface area contributed by atoms with Crippen molar-refractivity contribution in [3.8, 4) is 0 Å². The number of halogens is 3. The minimum Gasteiger partial charge on any atom is -0.477 e. The predicted molar refractivity (Wildman–Crippen MR) is 56.5 cm³/mol. The number of benzene rings is 1. The molecule has 1 aromatic carbocycles. The van der Waals surface area contributed by atoms with Crippen LogP contribution >= 0.6 is 0 Å². The third kappa shape index (κ3) is 1.94. The third-order valence-electron chi connectivity index (χ3n) is 2.42. The molecule has 2 aromatic rings. The molecule has 0 fully saturated rings. The summed E-state index contributed by atoms with van der Waals surface area (Å²) in [5.74, 6) is -1.57. The number of pyridine rings is 1. The Hall–Kier alpha value is -2.31. The van der Waals surface area contributed by atoms with Crippen molar-refractivity contribution in [3.63, 3.8) is 0 Å². The number of carboxylic acids is 1. The van der Waals surface area contributed by atoms with E-state index in [-0.39, 0.29) is 10.9 Å². The zero-order chi connectivity index (χ0) is 13.5. The lowest BCUT2D eigenvalue weighted by Crippen LogP contribution is -2.18. The van der Waals surface area contributed by atoms with Gasteiger partial charge in [0.15, 0.2) is 0 Å². The van der Waals surface area contributed by atoms with Crippen LogP contribution in [0.2, 0.25) is 0 Å². The highest BCUT2D eigenvalue weighted by molar-refractivity contribution is 5.93. The summed E-state index contributed by atoms with van der Waals surface area (Å²) in [5, 5.41) is 8.37. The van der Waals surface area contributed by atoms with E-state index in [9.17, 15) is 22.8 Å². The van der Waals surface area contributed by atoms with Crippen LogP contribution in [0.1, 0.15) is 15.9 Å². The Morgan fingerprint density at radius 2 is 1.94 bits per heavy atom. The molecule has 0 unspecified atom stereocenters. The quantitative estimate of drug-likeness (QED) is 0.823. The molecule has 4 nitrogen and oxygen atoms in total. The second kappa shape index (κ2) is 3.86. The highest BCUT2D eigenvalue weighted by atomic mass is 19.4. The Kier molecular flexibility index (Phi) is 2.61. The molecule has 1 heterocycles. The van der Waals surface area contributed by atoms with Gasteiger partial charge in [0, 0.05) is 10.9 Å². The topological polar surface area (TPSA) is 70.2 Å². The number of aromatic nitrogens is 1. The van der Waals surface area contributed by atoms with E-state index in [2.05, 4.69) is 4.98 Å². The van der Waals surface area contributed by atoms with Crippen LogP contribution in [0.5, 0.6) is 0 Å². The molecule has 0 aliphatic heterocycles. The number of nitrogens with one attached hydrogen (secondary N) is 1. The van der Waals surface area contributed by atoms with Crippen LogP contribution in [0, 0.1) is 0 Å². The van der Waals surface area contributed by atoms with Crippen molar-refractivity contribution in [1.29, 1.82) is 0 Å². The molecule has 0 bridgehead atoms. The van der Waals surface area contributed by atoms with E-state index in [0.717, 1.165) is 18.2 Å². The van der Waals surface area contributed by atoms with E-state index in [1.54, 1.807) is 0 Å². The number of fused-ring (bicyclic) bond motifs is 1. The number of carbonyl (C=O) groups is 1. The van der Waals surface area contributed by atoms with Gasteiger partial charge in [-0.05, 0) is 18.2 Å². The van der Waals surface area contributed by atoms with Crippen LogP contribution < -0.4 is 5.56 Å². The van der Waals surface area contributed by atoms with Crippen molar-refractivity contribution < 1.29 is 23.1 Å². The maximum Gasteiger partial charge on any atom is 0.417 e. The average Bonchev–Trinajstić information content (AvgIpc) is 2.25. The molecule has 0 spiro atoms. The molecule has 2 N–H and O–H groups in total. The van der Waals surface area contributed by atoms with Crippen LogP contribution in [0.15, 0.2) is 29.1 Å². The average molecular weight is 257 g/mol. The van der Waals surface area contributed by atoms with Gasteiger partial charge in [0.25, 0.3) is 5.56 Å². The number of rotatable bonds is 1. The molecule has 0 atom stereocenters. The molecule has 7 heteroatoms. The van der Waals surface area contributed by atoms with E-state index in [1.165, 1.54) is 6.07 Å². The van der Waals surface area contributed by atoms with Gasteiger partial charge in [-0.2, -0.15) is 13.2 Å². The number of carboxylic acid groups (broad SMARTS) is 1. The van der Waals surface area contributed by atoms with Gasteiger partial charge in [-0.15, -0.1) is 0 Å². The highest BCUT2D eigenvalue weighted by Gasteiger charge is 2.32. The summed E-state index contributed by atoms with van der Waals surface area (Å²) in [6.07, 6.45) is -4.62. The first-order valence-corrected chi connectivity index (χ1v) is 4.77. The molecular weight excluding hydrogens is 251 g/mol. The zero-order valence-corrected chi connectivity index (χ0v) is 8.71. The van der Waals surface area contributed by atoms with E-state index >= 15 is 0 Å². The summed E-state index contributed by atoms with van der Waals surface area (Å²) < 4.78 is 38.1. The summed E-state index contributed by atoms with van der Waals surface area (Å²) in [5.41, 5.74) is -2.70. The molecule has 0 saturated carbocycles. The minimum atomic E-state index is -4.62. The van der Waals surface area contributed by atoms with Crippen molar-refractivity contribution in [2.45, 2.75) is 6.18 Å². The first kappa shape index (κ1) is 12.2. The van der Waals surface area contributed by atoms with Crippen LogP contribution in [0.4, 0.5) is 13.2 Å². The molecule has 94 valence electrons. The predicted octanol–water partition coefficient (Wildman–Crippen LogP) is 2.25. The van der Waals surface area contributed by atoms with E-state index < -0.39 is 28.8 Å². The van der Waals surface area contributed by atoms with Gasteiger partial charge < -0.3 is 10.1 Å². The molecular formula is C11H6F3NO3. The smallest absolute Gasteiger partial charge is 0.417 e. The Balaban J connectivity index is 2.88. The molecule has 0 radical (unpaired) electrons. The Bertz CT molecular complexity index is 688. The maximum atomic E-state index is 12.7. The molecule has 18 heavy (non-hydrogen) atoms. The lowest BCUT2D eigenvalue weighted by Gasteiger charge is -2.10. The van der Waals surface area contributed by atoms with Gasteiger partial charge in [-0.1, -0.05) is 6.07 Å². The van der Waals surface area contributed by atoms with Gasteiger partial charge in [-0.3, -0.25) is 4.79 Å². The standard InChI is InChI=1S/C11H6F3NO3/c12-11(13,14)7-2-1-3-8-5(7)4-6(10(17)18)9(16)15-8/h1-4H,(H,15,16)(H,17,18). The van der Waals surface area contributed by atoms with Crippen molar-refractivity contribution >= 4 is 16.9 Å². The molecule has 0 aliphatic rings. The summed E-state index contributed by atoms with van der Waals surface area (Å²) in [6, 6.07) is 3.98. The molecule has 0 aliphatic carbocycles. The second-order valence-electron chi connectivity index (χ2n) is 3.58. The number of H-pyrrole nitrogens is 1. The largest absolute Gasteiger partial charge is 0.477 e. The van der Waals surface area contributed by atoms with Crippen LogP contribution in [-0.2, 0) is 6.18 Å². The first-order valence-electron chi connectivity index (χ1n) is 4.77. The van der Waals surface area contributed by atoms with Gasteiger partial charge in [-0.25, -0.2) is 4.79 Å². The van der Waals surface area contributed by atoms with Gasteiger partial charge in [0.1, 0.15) is 5.56 Å². The van der Waals surface area contributed by atoms with Crippen LogP contribution in [0.3, 0.4) is 0 Å². The fourth-order valence-electron chi connectivity index (χ4n) is 1.64. The Morgan fingerprint density at radius 3 is 2.50 bits per heavy atom. The van der Waals surface area contributed by atoms with Crippen LogP contribution in [-0.4, -0.2) is 16.1 Å². The monoisotopic (exact) mass is 257 g/mol. The third-order valence-corrected chi connectivity index (χ3v) is 2.42. The number of aromatic carboxylic acids is 1. The maximum absolute atomic E-state index is 12.7. The molecule has 0 amide bonds.